The Morgan fingerprint density at radius 1 is 1.21 bits per heavy atom. The van der Waals surface area contributed by atoms with E-state index >= 15 is 0 Å². The number of aromatic amines is 1. The van der Waals surface area contributed by atoms with Crippen LogP contribution < -0.4 is 0 Å². The van der Waals surface area contributed by atoms with Gasteiger partial charge >= 0.3 is 5.97 Å². The van der Waals surface area contributed by atoms with Crippen LogP contribution in [0.4, 0.5) is 0 Å². The second-order valence-corrected chi connectivity index (χ2v) is 4.62. The second kappa shape index (κ2) is 5.69. The number of aryl methyl sites for hydroxylation is 4. The van der Waals surface area contributed by atoms with E-state index in [0.717, 1.165) is 12.8 Å². The normalized spacial score (nSPS) is 10.6. The molecule has 4 heteroatoms. The highest BCUT2D eigenvalue weighted by atomic mass is 16.4. The standard InChI is InChI=1S/C15H18N2O2/c1-3-11-4-6-12(7-5-11)8-9-13-14(15(18)19)17-10(2)16-13/h4-7H,3,8-9H2,1-2H3,(H,16,17)(H,18,19). The number of carbonyl (C=O) groups is 1. The molecule has 0 amide bonds. The molecule has 0 aliphatic heterocycles. The third-order valence-electron chi connectivity index (χ3n) is 3.19. The molecule has 0 unspecified atom stereocenters. The smallest absolute Gasteiger partial charge is 0.356 e. The van der Waals surface area contributed by atoms with E-state index in [1.165, 1.54) is 11.1 Å². The van der Waals surface area contributed by atoms with E-state index in [9.17, 15) is 4.79 Å². The lowest BCUT2D eigenvalue weighted by molar-refractivity contribution is 0.0689. The molecule has 0 spiro atoms. The summed E-state index contributed by atoms with van der Waals surface area (Å²) in [5.74, 6) is -0.325. The number of nitrogens with one attached hydrogen (secondary N) is 1. The number of carboxylic acid groups (broad SMARTS) is 1. The zero-order chi connectivity index (χ0) is 13.8. The molecule has 0 atom stereocenters. The van der Waals surface area contributed by atoms with E-state index < -0.39 is 5.97 Å². The van der Waals surface area contributed by atoms with Crippen LogP contribution in [0.5, 0.6) is 0 Å². The molecule has 1 aromatic carbocycles. The minimum Gasteiger partial charge on any atom is -0.476 e. The van der Waals surface area contributed by atoms with Crippen LogP contribution in [0.1, 0.15) is 40.1 Å². The number of hydrogen-bond acceptors (Lipinski definition) is 2. The first-order chi connectivity index (χ1) is 9.10. The molecular weight excluding hydrogens is 240 g/mol. The van der Waals surface area contributed by atoms with Crippen LogP contribution in [0.25, 0.3) is 0 Å². The van der Waals surface area contributed by atoms with Crippen LogP contribution in [0.15, 0.2) is 24.3 Å². The summed E-state index contributed by atoms with van der Waals surface area (Å²) in [7, 11) is 0. The molecule has 1 aromatic heterocycles. The topological polar surface area (TPSA) is 66.0 Å². The van der Waals surface area contributed by atoms with Crippen molar-refractivity contribution in [3.05, 3.63) is 52.6 Å². The Bertz CT molecular complexity index is 570. The van der Waals surface area contributed by atoms with Gasteiger partial charge in [0.25, 0.3) is 0 Å². The SMILES string of the molecule is CCc1ccc(CCc2[nH]c(C)nc2C(=O)O)cc1. The van der Waals surface area contributed by atoms with Crippen LogP contribution in [0, 0.1) is 6.92 Å². The Morgan fingerprint density at radius 2 is 1.84 bits per heavy atom. The van der Waals surface area contributed by atoms with E-state index in [1.807, 2.05) is 0 Å². The summed E-state index contributed by atoms with van der Waals surface area (Å²) in [5, 5.41) is 9.06. The lowest BCUT2D eigenvalue weighted by Gasteiger charge is -2.03. The highest BCUT2D eigenvalue weighted by molar-refractivity contribution is 5.86. The zero-order valence-corrected chi connectivity index (χ0v) is 11.2. The summed E-state index contributed by atoms with van der Waals surface area (Å²) in [4.78, 5) is 18.1. The van der Waals surface area contributed by atoms with Crippen molar-refractivity contribution in [1.82, 2.24) is 9.97 Å². The molecule has 2 N–H and O–H groups in total. The maximum atomic E-state index is 11.0. The average molecular weight is 258 g/mol. The maximum absolute atomic E-state index is 11.0. The number of carboxylic acids is 1. The van der Waals surface area contributed by atoms with Gasteiger partial charge in [-0.15, -0.1) is 0 Å². The van der Waals surface area contributed by atoms with Gasteiger partial charge in [-0.05, 0) is 37.3 Å². The molecule has 0 saturated carbocycles. The maximum Gasteiger partial charge on any atom is 0.356 e. The Morgan fingerprint density at radius 3 is 2.42 bits per heavy atom. The Kier molecular flexibility index (Phi) is 4.00. The van der Waals surface area contributed by atoms with Gasteiger partial charge in [0.15, 0.2) is 5.69 Å². The van der Waals surface area contributed by atoms with Crippen molar-refractivity contribution in [3.63, 3.8) is 0 Å². The van der Waals surface area contributed by atoms with Crippen molar-refractivity contribution in [3.8, 4) is 0 Å². The fourth-order valence-electron chi connectivity index (χ4n) is 2.11. The van der Waals surface area contributed by atoms with Crippen molar-refractivity contribution in [2.24, 2.45) is 0 Å². The molecule has 1 heterocycles. The monoisotopic (exact) mass is 258 g/mol. The molecule has 0 aliphatic carbocycles. The summed E-state index contributed by atoms with van der Waals surface area (Å²) >= 11 is 0. The Balaban J connectivity index is 2.07. The number of imidazole rings is 1. The van der Waals surface area contributed by atoms with Crippen molar-refractivity contribution >= 4 is 5.97 Å². The number of aromatic carboxylic acids is 1. The number of nitrogens with zero attached hydrogens (tertiary/aromatic N) is 1. The summed E-state index contributed by atoms with van der Waals surface area (Å²) in [6.45, 7) is 3.90. The van der Waals surface area contributed by atoms with Crippen LogP contribution in [-0.2, 0) is 19.3 Å². The van der Waals surface area contributed by atoms with E-state index in [4.69, 9.17) is 5.11 Å². The Hall–Kier alpha value is -2.10. The summed E-state index contributed by atoms with van der Waals surface area (Å²) in [6, 6.07) is 8.43. The van der Waals surface area contributed by atoms with Crippen LogP contribution in [0.3, 0.4) is 0 Å². The first kappa shape index (κ1) is 13.3. The first-order valence-electron chi connectivity index (χ1n) is 6.46. The van der Waals surface area contributed by atoms with Crippen LogP contribution >= 0.6 is 0 Å². The van der Waals surface area contributed by atoms with Gasteiger partial charge in [-0.3, -0.25) is 0 Å². The summed E-state index contributed by atoms with van der Waals surface area (Å²) in [6.07, 6.45) is 2.50. The molecular formula is C15H18N2O2. The van der Waals surface area contributed by atoms with Gasteiger partial charge in [0.05, 0.1) is 0 Å². The zero-order valence-electron chi connectivity index (χ0n) is 11.2. The quantitative estimate of drug-likeness (QED) is 0.866. The third-order valence-corrected chi connectivity index (χ3v) is 3.19. The van der Waals surface area contributed by atoms with Crippen molar-refractivity contribution < 1.29 is 9.90 Å². The molecule has 100 valence electrons. The fourth-order valence-corrected chi connectivity index (χ4v) is 2.11. The largest absolute Gasteiger partial charge is 0.476 e. The highest BCUT2D eigenvalue weighted by Crippen LogP contribution is 2.12. The van der Waals surface area contributed by atoms with Crippen molar-refractivity contribution in [2.45, 2.75) is 33.1 Å². The van der Waals surface area contributed by atoms with E-state index in [-0.39, 0.29) is 5.69 Å². The van der Waals surface area contributed by atoms with Gasteiger partial charge < -0.3 is 10.1 Å². The molecule has 2 rings (SSSR count). The van der Waals surface area contributed by atoms with Gasteiger partial charge in [-0.2, -0.15) is 0 Å². The molecule has 4 nitrogen and oxygen atoms in total. The minimum atomic E-state index is -0.972. The van der Waals surface area contributed by atoms with E-state index in [2.05, 4.69) is 41.2 Å². The van der Waals surface area contributed by atoms with Gasteiger partial charge in [0, 0.05) is 5.69 Å². The number of rotatable bonds is 5. The predicted molar refractivity (Wildman–Crippen MR) is 73.5 cm³/mol. The van der Waals surface area contributed by atoms with Crippen molar-refractivity contribution in [2.75, 3.05) is 0 Å². The van der Waals surface area contributed by atoms with Gasteiger partial charge in [0.1, 0.15) is 5.82 Å². The average Bonchev–Trinajstić information content (AvgIpc) is 2.78. The lowest BCUT2D eigenvalue weighted by atomic mass is 10.0. The number of aromatic nitrogens is 2. The summed E-state index contributed by atoms with van der Waals surface area (Å²) < 4.78 is 0. The fraction of sp³-hybridized carbons (Fsp3) is 0.333. The molecule has 0 radical (unpaired) electrons. The molecule has 2 aromatic rings. The predicted octanol–water partition coefficient (Wildman–Crippen LogP) is 2.76. The molecule has 0 bridgehead atoms. The first-order valence-corrected chi connectivity index (χ1v) is 6.46. The second-order valence-electron chi connectivity index (χ2n) is 4.62. The molecule has 0 saturated heterocycles. The highest BCUT2D eigenvalue weighted by Gasteiger charge is 2.14. The minimum absolute atomic E-state index is 0.141. The van der Waals surface area contributed by atoms with E-state index in [0.29, 0.717) is 17.9 Å². The van der Waals surface area contributed by atoms with E-state index in [1.54, 1.807) is 6.92 Å². The lowest BCUT2D eigenvalue weighted by Crippen LogP contribution is -2.03. The Labute approximate surface area is 112 Å². The molecule has 0 aliphatic rings. The van der Waals surface area contributed by atoms with Crippen LogP contribution in [-0.4, -0.2) is 21.0 Å². The van der Waals surface area contributed by atoms with Crippen LogP contribution in [0.2, 0.25) is 0 Å². The molecule has 0 fully saturated rings. The number of hydrogen-bond donors (Lipinski definition) is 2. The molecule has 19 heavy (non-hydrogen) atoms. The third kappa shape index (κ3) is 3.22. The van der Waals surface area contributed by atoms with Gasteiger partial charge in [0.2, 0.25) is 0 Å². The van der Waals surface area contributed by atoms with Gasteiger partial charge in [-0.25, -0.2) is 9.78 Å². The van der Waals surface area contributed by atoms with Crippen molar-refractivity contribution in [1.29, 1.82) is 0 Å². The van der Waals surface area contributed by atoms with Gasteiger partial charge in [-0.1, -0.05) is 31.2 Å². The summed E-state index contributed by atoms with van der Waals surface area (Å²) in [5.41, 5.74) is 3.36. The number of H-pyrrole nitrogens is 1. The number of benzene rings is 1.